The molecule has 1 fully saturated rings. The van der Waals surface area contributed by atoms with E-state index in [2.05, 4.69) is 11.1 Å². The van der Waals surface area contributed by atoms with Crippen molar-refractivity contribution in [1.82, 2.24) is 9.88 Å². The molecule has 0 unspecified atom stereocenters. The Kier molecular flexibility index (Phi) is 4.06. The van der Waals surface area contributed by atoms with Crippen molar-refractivity contribution in [2.75, 3.05) is 19.7 Å². The molecule has 0 saturated carbocycles. The van der Waals surface area contributed by atoms with Crippen LogP contribution in [0.4, 0.5) is 0 Å². The zero-order valence-corrected chi connectivity index (χ0v) is 13.8. The molecule has 1 saturated heterocycles. The van der Waals surface area contributed by atoms with E-state index in [0.29, 0.717) is 25.1 Å². The van der Waals surface area contributed by atoms with Crippen LogP contribution in [0, 0.1) is 5.92 Å². The number of nitrogens with zero attached hydrogens (tertiary/aromatic N) is 1. The van der Waals surface area contributed by atoms with E-state index in [1.807, 2.05) is 12.1 Å². The number of hydrogen-bond donors (Lipinski definition) is 3. The van der Waals surface area contributed by atoms with Gasteiger partial charge in [0, 0.05) is 36.7 Å². The highest BCUT2D eigenvalue weighted by Crippen LogP contribution is 2.31. The van der Waals surface area contributed by atoms with E-state index < -0.39 is 6.10 Å². The van der Waals surface area contributed by atoms with E-state index in [4.69, 9.17) is 0 Å². The number of para-hydroxylation sites is 1. The fraction of sp³-hybridized carbons (Fsp3) is 0.526. The quantitative estimate of drug-likeness (QED) is 0.787. The number of carbonyl (C=O) groups is 1. The summed E-state index contributed by atoms with van der Waals surface area (Å²) in [7, 11) is 0. The number of fused-ring (bicyclic) bond motifs is 3. The highest BCUT2D eigenvalue weighted by molar-refractivity contribution is 6.06. The van der Waals surface area contributed by atoms with E-state index in [1.54, 1.807) is 4.90 Å². The molecule has 4 rings (SSSR count). The Bertz CT molecular complexity index is 767. The molecule has 2 aliphatic rings. The van der Waals surface area contributed by atoms with Gasteiger partial charge in [-0.25, -0.2) is 0 Å². The van der Waals surface area contributed by atoms with E-state index in [1.165, 1.54) is 29.5 Å². The standard InChI is InChI=1S/C19H24N2O3/c22-11-12-8-9-21(10-17(12)23)19(24)15-6-3-5-14-13-4-1-2-7-16(13)20-18(14)15/h3,5-6,12,17,20,22-23H,1-2,4,7-11H2/t12-,17-/m1/s1. The van der Waals surface area contributed by atoms with Crippen LogP contribution < -0.4 is 0 Å². The Balaban J connectivity index is 1.67. The van der Waals surface area contributed by atoms with Gasteiger partial charge in [0.15, 0.2) is 0 Å². The number of H-pyrrole nitrogens is 1. The van der Waals surface area contributed by atoms with Crippen molar-refractivity contribution in [2.45, 2.75) is 38.2 Å². The van der Waals surface area contributed by atoms with Gasteiger partial charge in [0.1, 0.15) is 0 Å². The molecule has 0 bridgehead atoms. The summed E-state index contributed by atoms with van der Waals surface area (Å²) in [5.74, 6) is -0.155. The molecule has 2 aromatic rings. The molecule has 2 heterocycles. The fourth-order valence-corrected chi connectivity index (χ4v) is 4.16. The first-order valence-electron chi connectivity index (χ1n) is 8.89. The minimum Gasteiger partial charge on any atom is -0.396 e. The number of hydrogen-bond acceptors (Lipinski definition) is 3. The minimum atomic E-state index is -0.649. The third-order valence-corrected chi connectivity index (χ3v) is 5.61. The molecule has 5 heteroatoms. The molecule has 24 heavy (non-hydrogen) atoms. The average molecular weight is 328 g/mol. The smallest absolute Gasteiger partial charge is 0.256 e. The molecule has 0 radical (unpaired) electrons. The number of aromatic nitrogens is 1. The number of likely N-dealkylation sites (tertiary alicyclic amines) is 1. The lowest BCUT2D eigenvalue weighted by molar-refractivity contribution is 0.000943. The lowest BCUT2D eigenvalue weighted by atomic mass is 9.93. The molecule has 1 aliphatic heterocycles. The molecule has 1 amide bonds. The fourth-order valence-electron chi connectivity index (χ4n) is 4.16. The van der Waals surface area contributed by atoms with Gasteiger partial charge in [-0.1, -0.05) is 12.1 Å². The zero-order chi connectivity index (χ0) is 16.7. The van der Waals surface area contributed by atoms with E-state index >= 15 is 0 Å². The Morgan fingerprint density at radius 3 is 2.92 bits per heavy atom. The Morgan fingerprint density at radius 1 is 1.29 bits per heavy atom. The van der Waals surface area contributed by atoms with Gasteiger partial charge in [-0.05, 0) is 43.7 Å². The predicted octanol–water partition coefficient (Wildman–Crippen LogP) is 1.86. The van der Waals surface area contributed by atoms with Crippen LogP contribution in [0.5, 0.6) is 0 Å². The first-order valence-corrected chi connectivity index (χ1v) is 8.89. The number of amides is 1. The van der Waals surface area contributed by atoms with E-state index in [0.717, 1.165) is 18.4 Å². The van der Waals surface area contributed by atoms with Crippen molar-refractivity contribution in [2.24, 2.45) is 5.92 Å². The summed E-state index contributed by atoms with van der Waals surface area (Å²) in [6.07, 6.45) is 4.53. The summed E-state index contributed by atoms with van der Waals surface area (Å²) >= 11 is 0. The van der Waals surface area contributed by atoms with Crippen LogP contribution in [-0.2, 0) is 12.8 Å². The number of nitrogens with one attached hydrogen (secondary N) is 1. The van der Waals surface area contributed by atoms with Crippen LogP contribution in [0.25, 0.3) is 10.9 Å². The largest absolute Gasteiger partial charge is 0.396 e. The van der Waals surface area contributed by atoms with Crippen LogP contribution in [0.3, 0.4) is 0 Å². The van der Waals surface area contributed by atoms with Crippen molar-refractivity contribution in [3.63, 3.8) is 0 Å². The Hall–Kier alpha value is -1.85. The van der Waals surface area contributed by atoms with Crippen LogP contribution in [0.15, 0.2) is 18.2 Å². The number of piperidine rings is 1. The van der Waals surface area contributed by atoms with Crippen molar-refractivity contribution in [1.29, 1.82) is 0 Å². The topological polar surface area (TPSA) is 76.6 Å². The van der Waals surface area contributed by atoms with Gasteiger partial charge in [0.25, 0.3) is 5.91 Å². The van der Waals surface area contributed by atoms with Gasteiger partial charge in [-0.3, -0.25) is 4.79 Å². The maximum absolute atomic E-state index is 13.0. The number of aliphatic hydroxyl groups excluding tert-OH is 2. The number of aliphatic hydroxyl groups is 2. The molecule has 0 spiro atoms. The molecule has 2 atom stereocenters. The van der Waals surface area contributed by atoms with Crippen LogP contribution in [0.1, 0.15) is 40.9 Å². The number of aromatic amines is 1. The van der Waals surface area contributed by atoms with Gasteiger partial charge in [-0.15, -0.1) is 0 Å². The van der Waals surface area contributed by atoms with Crippen molar-refractivity contribution < 1.29 is 15.0 Å². The number of aryl methyl sites for hydroxylation is 2. The van der Waals surface area contributed by atoms with Crippen LogP contribution in [-0.4, -0.2) is 51.8 Å². The highest BCUT2D eigenvalue weighted by atomic mass is 16.3. The number of benzene rings is 1. The SMILES string of the molecule is O=C(c1cccc2c3c([nH]c12)CCCC3)N1CC[C@H](CO)[C@H](O)C1. The van der Waals surface area contributed by atoms with E-state index in [9.17, 15) is 15.0 Å². The summed E-state index contributed by atoms with van der Waals surface area (Å²) in [6.45, 7) is 0.848. The number of carbonyl (C=O) groups excluding carboxylic acids is 1. The zero-order valence-electron chi connectivity index (χ0n) is 13.8. The number of β-amino-alcohol motifs (C(OH)–C–C–N with tert-alkyl or cyclic N) is 1. The van der Waals surface area contributed by atoms with Crippen LogP contribution >= 0.6 is 0 Å². The first-order chi connectivity index (χ1) is 11.7. The maximum atomic E-state index is 13.0. The third-order valence-electron chi connectivity index (χ3n) is 5.61. The lowest BCUT2D eigenvalue weighted by Crippen LogP contribution is -2.47. The summed E-state index contributed by atoms with van der Waals surface area (Å²) in [4.78, 5) is 18.2. The lowest BCUT2D eigenvalue weighted by Gasteiger charge is -2.35. The first kappa shape index (κ1) is 15.7. The molecule has 1 aromatic heterocycles. The highest BCUT2D eigenvalue weighted by Gasteiger charge is 2.31. The minimum absolute atomic E-state index is 0.0257. The van der Waals surface area contributed by atoms with E-state index in [-0.39, 0.29) is 18.4 Å². The second-order valence-electron chi connectivity index (χ2n) is 7.07. The molecule has 128 valence electrons. The van der Waals surface area contributed by atoms with Gasteiger partial charge >= 0.3 is 0 Å². The predicted molar refractivity (Wildman–Crippen MR) is 92.0 cm³/mol. The second kappa shape index (κ2) is 6.22. The molecule has 1 aliphatic carbocycles. The number of rotatable bonds is 2. The molecule has 1 aromatic carbocycles. The van der Waals surface area contributed by atoms with Gasteiger partial charge in [-0.2, -0.15) is 0 Å². The molecule has 5 nitrogen and oxygen atoms in total. The molecular formula is C19H24N2O3. The van der Waals surface area contributed by atoms with Gasteiger partial charge in [0.2, 0.25) is 0 Å². The van der Waals surface area contributed by atoms with Crippen molar-refractivity contribution in [3.05, 3.63) is 35.0 Å². The summed E-state index contributed by atoms with van der Waals surface area (Å²) in [6, 6.07) is 5.92. The summed E-state index contributed by atoms with van der Waals surface area (Å²) in [5, 5.41) is 20.6. The maximum Gasteiger partial charge on any atom is 0.256 e. The van der Waals surface area contributed by atoms with Gasteiger partial charge < -0.3 is 20.1 Å². The third kappa shape index (κ3) is 2.52. The summed E-state index contributed by atoms with van der Waals surface area (Å²) < 4.78 is 0. The molecule has 3 N–H and O–H groups in total. The van der Waals surface area contributed by atoms with Gasteiger partial charge in [0.05, 0.1) is 17.2 Å². The second-order valence-corrected chi connectivity index (χ2v) is 7.07. The van der Waals surface area contributed by atoms with Crippen molar-refractivity contribution in [3.8, 4) is 0 Å². The Labute approximate surface area is 141 Å². The normalized spacial score (nSPS) is 24.2. The average Bonchev–Trinajstić information content (AvgIpc) is 2.99. The molecular weight excluding hydrogens is 304 g/mol. The monoisotopic (exact) mass is 328 g/mol. The van der Waals surface area contributed by atoms with Crippen molar-refractivity contribution >= 4 is 16.8 Å². The summed E-state index contributed by atoms with van der Waals surface area (Å²) in [5.41, 5.74) is 4.27. The van der Waals surface area contributed by atoms with Crippen LogP contribution in [0.2, 0.25) is 0 Å². The Morgan fingerprint density at radius 2 is 2.12 bits per heavy atom.